The van der Waals surface area contributed by atoms with Gasteiger partial charge in [0.25, 0.3) is 0 Å². The highest BCUT2D eigenvalue weighted by Gasteiger charge is 2.22. The van der Waals surface area contributed by atoms with E-state index in [2.05, 4.69) is 0 Å². The molecule has 0 saturated carbocycles. The third-order valence-corrected chi connectivity index (χ3v) is 4.70. The maximum absolute atomic E-state index is 12.4. The summed E-state index contributed by atoms with van der Waals surface area (Å²) in [5.74, 6) is -0.118. The number of nitrogens with two attached hydrogens (primary N) is 1. The Morgan fingerprint density at radius 1 is 1.10 bits per heavy atom. The van der Waals surface area contributed by atoms with Gasteiger partial charge < -0.3 is 15.2 Å². The molecule has 0 heterocycles. The van der Waals surface area contributed by atoms with E-state index in [1.165, 1.54) is 18.5 Å². The second-order valence-electron chi connectivity index (χ2n) is 4.34. The highest BCUT2D eigenvalue weighted by molar-refractivity contribution is 7.88. The molecule has 2 N–H and O–H groups in total. The van der Waals surface area contributed by atoms with E-state index in [0.717, 1.165) is 0 Å². The highest BCUT2D eigenvalue weighted by Crippen LogP contribution is 2.16. The van der Waals surface area contributed by atoms with Crippen molar-refractivity contribution in [3.05, 3.63) is 29.8 Å². The Balaban J connectivity index is 2.83. The van der Waals surface area contributed by atoms with Crippen LogP contribution in [0.2, 0.25) is 0 Å². The van der Waals surface area contributed by atoms with Crippen molar-refractivity contribution in [3.8, 4) is 0 Å². The van der Waals surface area contributed by atoms with Gasteiger partial charge in [-0.3, -0.25) is 0 Å². The van der Waals surface area contributed by atoms with Gasteiger partial charge in [-0.15, -0.1) is 0 Å². The van der Waals surface area contributed by atoms with Crippen LogP contribution in [0.25, 0.3) is 0 Å². The molecule has 20 heavy (non-hydrogen) atoms. The molecule has 0 fully saturated rings. The lowest BCUT2D eigenvalue weighted by atomic mass is 10.2. The summed E-state index contributed by atoms with van der Waals surface area (Å²) >= 11 is 0. The molecule has 0 amide bonds. The molecule has 1 rings (SSSR count). The van der Waals surface area contributed by atoms with Gasteiger partial charge in [0.2, 0.25) is 10.0 Å². The number of hydrogen-bond donors (Lipinski definition) is 1. The molecule has 114 valence electrons. The number of benzene rings is 1. The minimum absolute atomic E-state index is 0.118. The molecule has 0 unspecified atom stereocenters. The number of anilines is 1. The van der Waals surface area contributed by atoms with Gasteiger partial charge in [-0.2, -0.15) is 4.31 Å². The summed E-state index contributed by atoms with van der Waals surface area (Å²) in [5.41, 5.74) is 6.88. The van der Waals surface area contributed by atoms with Gasteiger partial charge in [0.05, 0.1) is 19.0 Å². The highest BCUT2D eigenvalue weighted by atomic mass is 32.2. The molecule has 1 aromatic carbocycles. The largest absolute Gasteiger partial charge is 0.398 e. The van der Waals surface area contributed by atoms with Crippen molar-refractivity contribution in [3.63, 3.8) is 0 Å². The van der Waals surface area contributed by atoms with E-state index in [9.17, 15) is 8.42 Å². The van der Waals surface area contributed by atoms with Gasteiger partial charge in [-0.05, 0) is 11.6 Å². The fourth-order valence-electron chi connectivity index (χ4n) is 1.73. The predicted molar refractivity (Wildman–Crippen MR) is 78.8 cm³/mol. The van der Waals surface area contributed by atoms with Crippen LogP contribution in [0.15, 0.2) is 24.3 Å². The number of rotatable bonds is 9. The molecule has 0 aromatic heterocycles. The Morgan fingerprint density at radius 3 is 2.15 bits per heavy atom. The van der Waals surface area contributed by atoms with Crippen molar-refractivity contribution in [2.45, 2.75) is 5.75 Å². The molecule has 0 radical (unpaired) electrons. The monoisotopic (exact) mass is 302 g/mol. The predicted octanol–water partition coefficient (Wildman–Crippen LogP) is 0.693. The minimum Gasteiger partial charge on any atom is -0.398 e. The number of nitrogens with zero attached hydrogens (tertiary/aromatic N) is 1. The summed E-state index contributed by atoms with van der Waals surface area (Å²) < 4.78 is 36.1. The molecule has 0 atom stereocenters. The smallest absolute Gasteiger partial charge is 0.218 e. The van der Waals surface area contributed by atoms with Crippen LogP contribution in [-0.4, -0.2) is 53.2 Å². The van der Waals surface area contributed by atoms with Crippen molar-refractivity contribution in [1.82, 2.24) is 4.31 Å². The molecule has 1 aromatic rings. The van der Waals surface area contributed by atoms with Gasteiger partial charge in [-0.25, -0.2) is 8.42 Å². The number of para-hydroxylation sites is 1. The number of hydrogen-bond acceptors (Lipinski definition) is 5. The normalized spacial score (nSPS) is 11.9. The van der Waals surface area contributed by atoms with Crippen LogP contribution in [0.4, 0.5) is 5.69 Å². The van der Waals surface area contributed by atoms with Crippen LogP contribution < -0.4 is 5.73 Å². The van der Waals surface area contributed by atoms with Crippen molar-refractivity contribution in [2.24, 2.45) is 0 Å². The Morgan fingerprint density at radius 2 is 1.65 bits per heavy atom. The lowest BCUT2D eigenvalue weighted by molar-refractivity contribution is 0.150. The molecule has 0 aliphatic rings. The third kappa shape index (κ3) is 5.09. The molecule has 0 aliphatic carbocycles. The first-order valence-corrected chi connectivity index (χ1v) is 7.91. The Kier molecular flexibility index (Phi) is 6.94. The van der Waals surface area contributed by atoms with Crippen molar-refractivity contribution in [2.75, 3.05) is 46.3 Å². The summed E-state index contributed by atoms with van der Waals surface area (Å²) in [7, 11) is -0.373. The van der Waals surface area contributed by atoms with Gasteiger partial charge in [0.15, 0.2) is 0 Å². The van der Waals surface area contributed by atoms with Gasteiger partial charge in [0, 0.05) is 33.0 Å². The quantitative estimate of drug-likeness (QED) is 0.679. The van der Waals surface area contributed by atoms with E-state index in [4.69, 9.17) is 15.2 Å². The van der Waals surface area contributed by atoms with Gasteiger partial charge in [-0.1, -0.05) is 18.2 Å². The second kappa shape index (κ2) is 8.21. The zero-order valence-electron chi connectivity index (χ0n) is 11.9. The summed E-state index contributed by atoms with van der Waals surface area (Å²) in [6.45, 7) is 1.28. The summed E-state index contributed by atoms with van der Waals surface area (Å²) in [5, 5.41) is 0. The third-order valence-electron chi connectivity index (χ3n) is 2.88. The lowest BCUT2D eigenvalue weighted by Crippen LogP contribution is -2.37. The zero-order valence-corrected chi connectivity index (χ0v) is 12.7. The fourth-order valence-corrected chi connectivity index (χ4v) is 3.27. The van der Waals surface area contributed by atoms with Crippen molar-refractivity contribution >= 4 is 15.7 Å². The lowest BCUT2D eigenvalue weighted by Gasteiger charge is -2.22. The van der Waals surface area contributed by atoms with E-state index in [0.29, 0.717) is 37.6 Å². The van der Waals surface area contributed by atoms with Crippen molar-refractivity contribution in [1.29, 1.82) is 0 Å². The molecule has 0 bridgehead atoms. The summed E-state index contributed by atoms with van der Waals surface area (Å²) in [4.78, 5) is 0. The van der Waals surface area contributed by atoms with Gasteiger partial charge >= 0.3 is 0 Å². The van der Waals surface area contributed by atoms with Crippen LogP contribution >= 0.6 is 0 Å². The number of sulfonamides is 1. The first-order valence-electron chi connectivity index (χ1n) is 6.30. The molecule has 0 spiro atoms. The van der Waals surface area contributed by atoms with E-state index in [1.54, 1.807) is 24.3 Å². The number of ether oxygens (including phenoxy) is 2. The van der Waals surface area contributed by atoms with Crippen molar-refractivity contribution < 1.29 is 17.9 Å². The van der Waals surface area contributed by atoms with E-state index in [-0.39, 0.29) is 5.75 Å². The average molecular weight is 302 g/mol. The summed E-state index contributed by atoms with van der Waals surface area (Å²) in [6, 6.07) is 6.96. The Bertz CT molecular complexity index is 497. The molecule has 0 aliphatic heterocycles. The molecule has 0 saturated heterocycles. The van der Waals surface area contributed by atoms with Crippen LogP contribution in [-0.2, 0) is 25.2 Å². The number of methoxy groups -OCH3 is 2. The minimum atomic E-state index is -3.45. The van der Waals surface area contributed by atoms with Crippen LogP contribution in [0.1, 0.15) is 5.56 Å². The maximum atomic E-state index is 12.4. The maximum Gasteiger partial charge on any atom is 0.218 e. The van der Waals surface area contributed by atoms with Crippen LogP contribution in [0.5, 0.6) is 0 Å². The first kappa shape index (κ1) is 16.9. The Hall–Kier alpha value is -1.15. The van der Waals surface area contributed by atoms with Crippen LogP contribution in [0.3, 0.4) is 0 Å². The molecule has 7 heteroatoms. The Labute approximate surface area is 120 Å². The zero-order chi connectivity index (χ0) is 15.0. The SMILES string of the molecule is COCCN(CCOC)S(=O)(=O)Cc1ccccc1N. The molecule has 6 nitrogen and oxygen atoms in total. The first-order chi connectivity index (χ1) is 9.51. The van der Waals surface area contributed by atoms with Gasteiger partial charge in [0.1, 0.15) is 0 Å². The standard InChI is InChI=1S/C13H22N2O4S/c1-18-9-7-15(8-10-19-2)20(16,17)11-12-5-3-4-6-13(12)14/h3-6H,7-11,14H2,1-2H3. The van der Waals surface area contributed by atoms with E-state index < -0.39 is 10.0 Å². The molecular weight excluding hydrogens is 280 g/mol. The van der Waals surface area contributed by atoms with Crippen LogP contribution in [0, 0.1) is 0 Å². The second-order valence-corrected chi connectivity index (χ2v) is 6.31. The van der Waals surface area contributed by atoms with E-state index >= 15 is 0 Å². The molecular formula is C13H22N2O4S. The van der Waals surface area contributed by atoms with E-state index in [1.807, 2.05) is 0 Å². The topological polar surface area (TPSA) is 81.9 Å². The average Bonchev–Trinajstić information content (AvgIpc) is 2.41. The fraction of sp³-hybridized carbons (Fsp3) is 0.538. The number of nitrogen functional groups attached to an aromatic ring is 1. The summed E-state index contributed by atoms with van der Waals surface area (Å²) in [6.07, 6.45) is 0.